The molecule has 1 aliphatic heterocycles. The van der Waals surface area contributed by atoms with Gasteiger partial charge >= 0.3 is 0 Å². The fraction of sp³-hybridized carbons (Fsp3) is 0.217. The van der Waals surface area contributed by atoms with Crippen molar-refractivity contribution in [1.29, 1.82) is 0 Å². The Balaban J connectivity index is 1.37. The van der Waals surface area contributed by atoms with E-state index in [0.29, 0.717) is 24.7 Å². The molecule has 1 unspecified atom stereocenters. The fourth-order valence-electron chi connectivity index (χ4n) is 3.68. The quantitative estimate of drug-likeness (QED) is 0.468. The van der Waals surface area contributed by atoms with E-state index in [-0.39, 0.29) is 11.8 Å². The number of nitrogens with zero attached hydrogens (tertiary/aromatic N) is 4. The van der Waals surface area contributed by atoms with Gasteiger partial charge in [-0.1, -0.05) is 41.1 Å². The normalized spacial score (nSPS) is 16.4. The van der Waals surface area contributed by atoms with Crippen LogP contribution in [-0.4, -0.2) is 27.6 Å². The van der Waals surface area contributed by atoms with E-state index in [1.807, 2.05) is 67.8 Å². The number of thiazole rings is 1. The fourth-order valence-corrected chi connectivity index (χ4v) is 4.30. The second-order valence-electron chi connectivity index (χ2n) is 7.53. The Morgan fingerprint density at radius 1 is 1.07 bits per heavy atom. The average Bonchev–Trinajstić information content (AvgIpc) is 3.48. The highest BCUT2D eigenvalue weighted by Crippen LogP contribution is 2.32. The lowest BCUT2D eigenvalue weighted by Crippen LogP contribution is -2.24. The van der Waals surface area contributed by atoms with E-state index in [0.717, 1.165) is 27.5 Å². The molecule has 1 fully saturated rings. The summed E-state index contributed by atoms with van der Waals surface area (Å²) in [6.07, 6.45) is 0.369. The number of hydrogen-bond donors (Lipinski definition) is 0. The van der Waals surface area contributed by atoms with Crippen molar-refractivity contribution < 1.29 is 9.32 Å². The van der Waals surface area contributed by atoms with Gasteiger partial charge in [0.05, 0.1) is 16.6 Å². The smallest absolute Gasteiger partial charge is 0.232 e. The van der Waals surface area contributed by atoms with Gasteiger partial charge in [-0.05, 0) is 32.0 Å². The molecule has 1 aliphatic rings. The molecule has 2 aromatic carbocycles. The summed E-state index contributed by atoms with van der Waals surface area (Å²) in [5.41, 5.74) is 4.90. The van der Waals surface area contributed by atoms with Crippen molar-refractivity contribution in [3.8, 4) is 22.6 Å². The van der Waals surface area contributed by atoms with Gasteiger partial charge in [-0.25, -0.2) is 4.98 Å². The number of carbonyl (C=O) groups is 1. The average molecular weight is 417 g/mol. The number of rotatable bonds is 4. The third-order valence-electron chi connectivity index (χ3n) is 5.30. The van der Waals surface area contributed by atoms with Gasteiger partial charge in [-0.3, -0.25) is 4.79 Å². The van der Waals surface area contributed by atoms with Crippen molar-refractivity contribution in [3.05, 3.63) is 70.4 Å². The summed E-state index contributed by atoms with van der Waals surface area (Å²) in [5, 5.41) is 7.24. The molecular formula is C23H20N4O2S. The van der Waals surface area contributed by atoms with Crippen LogP contribution >= 0.6 is 11.3 Å². The molecule has 0 radical (unpaired) electrons. The van der Waals surface area contributed by atoms with E-state index >= 15 is 0 Å². The van der Waals surface area contributed by atoms with Crippen LogP contribution in [0.2, 0.25) is 0 Å². The summed E-state index contributed by atoms with van der Waals surface area (Å²) in [4.78, 5) is 23.5. The van der Waals surface area contributed by atoms with E-state index in [4.69, 9.17) is 4.52 Å². The van der Waals surface area contributed by atoms with Gasteiger partial charge < -0.3 is 9.42 Å². The molecule has 3 heterocycles. The molecule has 0 bridgehead atoms. The van der Waals surface area contributed by atoms with Gasteiger partial charge in [0.1, 0.15) is 0 Å². The topological polar surface area (TPSA) is 72.1 Å². The van der Waals surface area contributed by atoms with E-state index < -0.39 is 0 Å². The summed E-state index contributed by atoms with van der Waals surface area (Å²) in [6, 6.07) is 15.9. The molecule has 1 amide bonds. The highest BCUT2D eigenvalue weighted by Gasteiger charge is 2.35. The molecular weight excluding hydrogens is 396 g/mol. The lowest BCUT2D eigenvalue weighted by atomic mass is 10.1. The number of carbonyl (C=O) groups excluding carboxylic acids is 1. The molecule has 0 aliphatic carbocycles. The summed E-state index contributed by atoms with van der Waals surface area (Å²) in [6.45, 7) is 4.57. The van der Waals surface area contributed by atoms with E-state index in [1.165, 1.54) is 5.56 Å². The third-order valence-corrected chi connectivity index (χ3v) is 6.07. The number of benzene rings is 2. The van der Waals surface area contributed by atoms with Crippen LogP contribution < -0.4 is 4.90 Å². The van der Waals surface area contributed by atoms with Crippen LogP contribution in [0.25, 0.3) is 22.6 Å². The zero-order valence-corrected chi connectivity index (χ0v) is 17.5. The van der Waals surface area contributed by atoms with Gasteiger partial charge in [0, 0.05) is 35.2 Å². The molecule has 30 heavy (non-hydrogen) atoms. The minimum absolute atomic E-state index is 0.0736. The number of hydrogen-bond acceptors (Lipinski definition) is 6. The maximum Gasteiger partial charge on any atom is 0.232 e. The molecule has 1 saturated heterocycles. The first-order chi connectivity index (χ1) is 14.6. The standard InChI is InChI=1S/C23H20N4O2S/c1-14-6-8-19(9-7-14)27-12-18(11-21(27)28)23-25-22(26-29-23)17-5-3-4-16(10-17)20-13-30-15(2)24-20/h3-10,13,18H,11-12H2,1-2H3. The first-order valence-corrected chi connectivity index (χ1v) is 10.7. The van der Waals surface area contributed by atoms with E-state index in [9.17, 15) is 4.79 Å². The Kier molecular flexibility index (Phi) is 4.67. The van der Waals surface area contributed by atoms with Crippen molar-refractivity contribution in [2.75, 3.05) is 11.4 Å². The molecule has 1 atom stereocenters. The number of aryl methyl sites for hydroxylation is 2. The van der Waals surface area contributed by atoms with Crippen LogP contribution in [0.15, 0.2) is 58.4 Å². The summed E-state index contributed by atoms with van der Waals surface area (Å²) < 4.78 is 5.55. The highest BCUT2D eigenvalue weighted by molar-refractivity contribution is 7.09. The zero-order chi connectivity index (χ0) is 20.7. The SMILES string of the molecule is Cc1ccc(N2CC(c3nc(-c4cccc(-c5csc(C)n5)c4)no3)CC2=O)cc1. The Labute approximate surface area is 178 Å². The second kappa shape index (κ2) is 7.50. The van der Waals surface area contributed by atoms with Gasteiger partial charge in [0.2, 0.25) is 17.6 Å². The van der Waals surface area contributed by atoms with E-state index in [1.54, 1.807) is 16.2 Å². The van der Waals surface area contributed by atoms with Gasteiger partial charge in [-0.15, -0.1) is 11.3 Å². The number of aromatic nitrogens is 3. The van der Waals surface area contributed by atoms with Crippen LogP contribution in [0, 0.1) is 13.8 Å². The molecule has 0 N–H and O–H groups in total. The Hall–Kier alpha value is -3.32. The largest absolute Gasteiger partial charge is 0.339 e. The first-order valence-electron chi connectivity index (χ1n) is 9.80. The molecule has 0 spiro atoms. The predicted molar refractivity (Wildman–Crippen MR) is 116 cm³/mol. The molecule has 2 aromatic heterocycles. The van der Waals surface area contributed by atoms with E-state index in [2.05, 4.69) is 15.1 Å². The maximum absolute atomic E-state index is 12.6. The summed E-state index contributed by atoms with van der Waals surface area (Å²) >= 11 is 1.62. The molecule has 150 valence electrons. The predicted octanol–water partition coefficient (Wildman–Crippen LogP) is 5.00. The first kappa shape index (κ1) is 18.7. The Morgan fingerprint density at radius 2 is 1.87 bits per heavy atom. The second-order valence-corrected chi connectivity index (χ2v) is 8.59. The minimum Gasteiger partial charge on any atom is -0.339 e. The molecule has 0 saturated carbocycles. The highest BCUT2D eigenvalue weighted by atomic mass is 32.1. The van der Waals surface area contributed by atoms with Crippen LogP contribution in [0.5, 0.6) is 0 Å². The lowest BCUT2D eigenvalue weighted by Gasteiger charge is -2.16. The minimum atomic E-state index is -0.107. The summed E-state index contributed by atoms with van der Waals surface area (Å²) in [7, 11) is 0. The number of amides is 1. The van der Waals surface area contributed by atoms with Crippen molar-refractivity contribution in [3.63, 3.8) is 0 Å². The molecule has 5 rings (SSSR count). The van der Waals surface area contributed by atoms with Crippen molar-refractivity contribution in [1.82, 2.24) is 15.1 Å². The zero-order valence-electron chi connectivity index (χ0n) is 16.7. The van der Waals surface area contributed by atoms with Crippen LogP contribution in [0.3, 0.4) is 0 Å². The van der Waals surface area contributed by atoms with Gasteiger partial charge in [-0.2, -0.15) is 4.98 Å². The summed E-state index contributed by atoms with van der Waals surface area (Å²) in [5.74, 6) is 0.997. The van der Waals surface area contributed by atoms with Crippen molar-refractivity contribution >= 4 is 22.9 Å². The van der Waals surface area contributed by atoms with Crippen LogP contribution in [0.4, 0.5) is 5.69 Å². The Morgan fingerprint density at radius 3 is 2.63 bits per heavy atom. The van der Waals surface area contributed by atoms with Gasteiger partial charge in [0.25, 0.3) is 0 Å². The lowest BCUT2D eigenvalue weighted by molar-refractivity contribution is -0.117. The van der Waals surface area contributed by atoms with Gasteiger partial charge in [0.15, 0.2) is 0 Å². The Bertz CT molecular complexity index is 1210. The van der Waals surface area contributed by atoms with Crippen LogP contribution in [0.1, 0.15) is 28.8 Å². The third kappa shape index (κ3) is 3.52. The monoisotopic (exact) mass is 416 g/mol. The molecule has 4 aromatic rings. The van der Waals surface area contributed by atoms with Crippen LogP contribution in [-0.2, 0) is 4.79 Å². The molecule has 7 heteroatoms. The maximum atomic E-state index is 12.6. The number of anilines is 1. The molecule has 6 nitrogen and oxygen atoms in total. The van der Waals surface area contributed by atoms with Crippen molar-refractivity contribution in [2.24, 2.45) is 0 Å². The van der Waals surface area contributed by atoms with Crippen molar-refractivity contribution in [2.45, 2.75) is 26.2 Å².